The third-order valence-corrected chi connectivity index (χ3v) is 3.50. The van der Waals surface area contributed by atoms with Crippen LogP contribution in [0.25, 0.3) is 11.3 Å². The van der Waals surface area contributed by atoms with Crippen molar-refractivity contribution in [2.75, 3.05) is 0 Å². The number of hydrogen-bond acceptors (Lipinski definition) is 1. The smallest absolute Gasteiger partial charge is 0.0686 e. The van der Waals surface area contributed by atoms with E-state index in [1.807, 2.05) is 47.3 Å². The molecule has 0 saturated heterocycles. The van der Waals surface area contributed by atoms with Crippen molar-refractivity contribution in [3.8, 4) is 11.3 Å². The number of hydrogen-bond donors (Lipinski definition) is 0. The molecule has 0 atom stereocenters. The average molecular weight is 313 g/mol. The fourth-order valence-electron chi connectivity index (χ4n) is 2.12. The summed E-state index contributed by atoms with van der Waals surface area (Å²) in [6, 6.07) is 20.7. The topological polar surface area (TPSA) is 17.8 Å². The Kier molecular flexibility index (Phi) is 3.47. The summed E-state index contributed by atoms with van der Waals surface area (Å²) in [5.41, 5.74) is 3.56. The van der Waals surface area contributed by atoms with Gasteiger partial charge in [-0.3, -0.25) is 4.68 Å². The molecule has 0 amide bonds. The van der Waals surface area contributed by atoms with Crippen LogP contribution in [-0.4, -0.2) is 9.78 Å². The number of rotatable bonds is 3. The molecule has 3 aromatic rings. The number of nitrogens with zero attached hydrogens (tertiary/aromatic N) is 2. The van der Waals surface area contributed by atoms with Gasteiger partial charge in [0.05, 0.1) is 12.2 Å². The van der Waals surface area contributed by atoms with E-state index in [0.29, 0.717) is 0 Å². The molecular weight excluding hydrogens is 300 g/mol. The van der Waals surface area contributed by atoms with Crippen LogP contribution in [0.1, 0.15) is 5.56 Å². The lowest BCUT2D eigenvalue weighted by atomic mass is 10.1. The Hall–Kier alpha value is -1.87. The van der Waals surface area contributed by atoms with Gasteiger partial charge < -0.3 is 0 Å². The molecule has 0 bridgehead atoms. The molecular formula is C16H13BrN2. The van der Waals surface area contributed by atoms with Gasteiger partial charge in [0.15, 0.2) is 0 Å². The van der Waals surface area contributed by atoms with Crippen molar-refractivity contribution in [1.82, 2.24) is 9.78 Å². The maximum Gasteiger partial charge on any atom is 0.0686 e. The first-order valence-electron chi connectivity index (χ1n) is 6.14. The van der Waals surface area contributed by atoms with Gasteiger partial charge in [0, 0.05) is 10.7 Å². The Balaban J connectivity index is 1.93. The summed E-state index contributed by atoms with van der Waals surface area (Å²) < 4.78 is 3.12. The second-order valence-corrected chi connectivity index (χ2v) is 5.29. The zero-order valence-electron chi connectivity index (χ0n) is 10.3. The Labute approximate surface area is 120 Å². The van der Waals surface area contributed by atoms with Crippen molar-refractivity contribution >= 4 is 15.9 Å². The van der Waals surface area contributed by atoms with Crippen LogP contribution in [0.3, 0.4) is 0 Å². The first-order valence-corrected chi connectivity index (χ1v) is 6.94. The minimum atomic E-state index is 0.774. The molecule has 3 rings (SSSR count). The molecule has 0 saturated carbocycles. The zero-order chi connectivity index (χ0) is 13.1. The number of halogens is 1. The third kappa shape index (κ3) is 2.76. The minimum absolute atomic E-state index is 0.774. The molecule has 0 unspecified atom stereocenters. The van der Waals surface area contributed by atoms with Gasteiger partial charge >= 0.3 is 0 Å². The molecule has 19 heavy (non-hydrogen) atoms. The van der Waals surface area contributed by atoms with Gasteiger partial charge in [-0.1, -0.05) is 58.4 Å². The molecule has 2 aromatic carbocycles. The Morgan fingerprint density at radius 1 is 0.947 bits per heavy atom. The summed E-state index contributed by atoms with van der Waals surface area (Å²) in [7, 11) is 0. The predicted octanol–water partition coefficient (Wildman–Crippen LogP) is 4.36. The van der Waals surface area contributed by atoms with Crippen LogP contribution in [0.2, 0.25) is 0 Å². The van der Waals surface area contributed by atoms with Crippen molar-refractivity contribution in [3.05, 3.63) is 76.9 Å². The lowest BCUT2D eigenvalue weighted by molar-refractivity contribution is 0.694. The van der Waals surface area contributed by atoms with E-state index in [-0.39, 0.29) is 0 Å². The van der Waals surface area contributed by atoms with E-state index in [4.69, 9.17) is 0 Å². The summed E-state index contributed by atoms with van der Waals surface area (Å²) in [6.07, 6.45) is 1.85. The minimum Gasteiger partial charge on any atom is -0.260 e. The van der Waals surface area contributed by atoms with Crippen LogP contribution in [-0.2, 0) is 6.54 Å². The van der Waals surface area contributed by atoms with Crippen LogP contribution >= 0.6 is 15.9 Å². The summed E-state index contributed by atoms with van der Waals surface area (Å²) in [5.74, 6) is 0. The van der Waals surface area contributed by atoms with Gasteiger partial charge in [0.25, 0.3) is 0 Å². The lowest BCUT2D eigenvalue weighted by Crippen LogP contribution is -2.03. The number of aromatic nitrogens is 2. The van der Waals surface area contributed by atoms with E-state index in [1.54, 1.807) is 0 Å². The molecule has 0 aliphatic rings. The standard InChI is InChI=1S/C16H13BrN2/c17-15-8-4-5-13(11-15)12-19-16(9-10-18-19)14-6-2-1-3-7-14/h1-11H,12H2. The summed E-state index contributed by atoms with van der Waals surface area (Å²) >= 11 is 3.50. The molecule has 0 fully saturated rings. The van der Waals surface area contributed by atoms with Gasteiger partial charge in [0.1, 0.15) is 0 Å². The Morgan fingerprint density at radius 2 is 1.79 bits per heavy atom. The van der Waals surface area contributed by atoms with Gasteiger partial charge in [-0.2, -0.15) is 5.10 Å². The average Bonchev–Trinajstić information content (AvgIpc) is 2.88. The van der Waals surface area contributed by atoms with E-state index < -0.39 is 0 Å². The van der Waals surface area contributed by atoms with Gasteiger partial charge in [-0.15, -0.1) is 0 Å². The molecule has 0 spiro atoms. The van der Waals surface area contributed by atoms with E-state index in [0.717, 1.165) is 16.7 Å². The second kappa shape index (κ2) is 5.41. The highest BCUT2D eigenvalue weighted by Crippen LogP contribution is 2.20. The van der Waals surface area contributed by atoms with E-state index in [2.05, 4.69) is 45.3 Å². The highest BCUT2D eigenvalue weighted by molar-refractivity contribution is 9.10. The van der Waals surface area contributed by atoms with Crippen LogP contribution in [0.5, 0.6) is 0 Å². The highest BCUT2D eigenvalue weighted by Gasteiger charge is 2.05. The van der Waals surface area contributed by atoms with Crippen LogP contribution in [0, 0.1) is 0 Å². The molecule has 1 heterocycles. The van der Waals surface area contributed by atoms with E-state index in [9.17, 15) is 0 Å². The van der Waals surface area contributed by atoms with E-state index in [1.165, 1.54) is 11.1 Å². The molecule has 0 radical (unpaired) electrons. The predicted molar refractivity (Wildman–Crippen MR) is 80.9 cm³/mol. The van der Waals surface area contributed by atoms with Crippen LogP contribution < -0.4 is 0 Å². The summed E-state index contributed by atoms with van der Waals surface area (Å²) in [6.45, 7) is 0.774. The third-order valence-electron chi connectivity index (χ3n) is 3.01. The second-order valence-electron chi connectivity index (χ2n) is 4.37. The van der Waals surface area contributed by atoms with Crippen molar-refractivity contribution in [3.63, 3.8) is 0 Å². The number of benzene rings is 2. The zero-order valence-corrected chi connectivity index (χ0v) is 11.9. The van der Waals surface area contributed by atoms with Crippen molar-refractivity contribution in [2.24, 2.45) is 0 Å². The highest BCUT2D eigenvalue weighted by atomic mass is 79.9. The fourth-order valence-corrected chi connectivity index (χ4v) is 2.57. The Morgan fingerprint density at radius 3 is 2.58 bits per heavy atom. The molecule has 0 aliphatic heterocycles. The van der Waals surface area contributed by atoms with Crippen molar-refractivity contribution < 1.29 is 0 Å². The first-order chi connectivity index (χ1) is 9.33. The summed E-state index contributed by atoms with van der Waals surface area (Å²) in [4.78, 5) is 0. The molecule has 0 aliphatic carbocycles. The SMILES string of the molecule is Brc1cccc(Cn2nccc2-c2ccccc2)c1. The lowest BCUT2D eigenvalue weighted by Gasteiger charge is -2.08. The van der Waals surface area contributed by atoms with Crippen LogP contribution in [0.4, 0.5) is 0 Å². The molecule has 0 N–H and O–H groups in total. The monoisotopic (exact) mass is 312 g/mol. The van der Waals surface area contributed by atoms with E-state index >= 15 is 0 Å². The van der Waals surface area contributed by atoms with Gasteiger partial charge in [-0.05, 0) is 29.3 Å². The molecule has 94 valence electrons. The van der Waals surface area contributed by atoms with Crippen LogP contribution in [0.15, 0.2) is 71.3 Å². The quantitative estimate of drug-likeness (QED) is 0.702. The van der Waals surface area contributed by atoms with Crippen molar-refractivity contribution in [1.29, 1.82) is 0 Å². The maximum atomic E-state index is 4.42. The summed E-state index contributed by atoms with van der Waals surface area (Å²) in [5, 5.41) is 4.42. The van der Waals surface area contributed by atoms with Crippen molar-refractivity contribution in [2.45, 2.75) is 6.54 Å². The Bertz CT molecular complexity index is 674. The maximum absolute atomic E-state index is 4.42. The fraction of sp³-hybridized carbons (Fsp3) is 0.0625. The normalized spacial score (nSPS) is 10.6. The molecule has 3 heteroatoms. The van der Waals surface area contributed by atoms with Gasteiger partial charge in [-0.25, -0.2) is 0 Å². The molecule has 2 nitrogen and oxygen atoms in total. The molecule has 1 aromatic heterocycles. The first kappa shape index (κ1) is 12.2. The largest absolute Gasteiger partial charge is 0.260 e. The van der Waals surface area contributed by atoms with Gasteiger partial charge in [0.2, 0.25) is 0 Å².